The Morgan fingerprint density at radius 3 is 2.52 bits per heavy atom. The van der Waals surface area contributed by atoms with Crippen LogP contribution in [0.25, 0.3) is 27.9 Å². The fourth-order valence-electron chi connectivity index (χ4n) is 3.34. The third kappa shape index (κ3) is 5.67. The summed E-state index contributed by atoms with van der Waals surface area (Å²) in [6.07, 6.45) is 3.26. The summed E-state index contributed by atoms with van der Waals surface area (Å²) in [5, 5.41) is 5.95. The molecule has 4 rings (SSSR count). The monoisotopic (exact) mass is 456 g/mol. The molecule has 4 aromatic rings. The molecule has 0 aliphatic heterocycles. The number of ether oxygens (including phenoxy) is 2. The second-order valence-electron chi connectivity index (χ2n) is 7.27. The molecule has 166 valence electrons. The first-order valence-corrected chi connectivity index (χ1v) is 11.3. The van der Waals surface area contributed by atoms with E-state index in [0.29, 0.717) is 18.0 Å². The van der Waals surface area contributed by atoms with Gasteiger partial charge in [-0.2, -0.15) is 0 Å². The van der Waals surface area contributed by atoms with Crippen LogP contribution in [0.5, 0.6) is 11.5 Å². The minimum atomic E-state index is -0.171. The highest BCUT2D eigenvalue weighted by atomic mass is 32.1. The van der Waals surface area contributed by atoms with Crippen LogP contribution < -0.4 is 14.8 Å². The molecule has 1 N–H and O–H groups in total. The average Bonchev–Trinajstić information content (AvgIpc) is 3.37. The summed E-state index contributed by atoms with van der Waals surface area (Å²) in [4.78, 5) is 17.1. The van der Waals surface area contributed by atoms with Crippen LogP contribution in [0.1, 0.15) is 11.1 Å². The number of nitrogens with zero attached hydrogens (tertiary/aromatic N) is 1. The van der Waals surface area contributed by atoms with Gasteiger partial charge in [-0.1, -0.05) is 54.6 Å². The van der Waals surface area contributed by atoms with Gasteiger partial charge in [0, 0.05) is 29.1 Å². The summed E-state index contributed by atoms with van der Waals surface area (Å²) >= 11 is 1.61. The predicted octanol–water partition coefficient (Wildman–Crippen LogP) is 5.82. The highest BCUT2D eigenvalue weighted by molar-refractivity contribution is 7.13. The smallest absolute Gasteiger partial charge is 0.244 e. The van der Waals surface area contributed by atoms with Gasteiger partial charge in [-0.05, 0) is 35.4 Å². The lowest BCUT2D eigenvalue weighted by atomic mass is 10.1. The SMILES string of the molecule is COc1ccc(/C=C/C(=O)NCc2cccc(-c3nc(-c4ccccc4)cs3)c2)cc1OC. The van der Waals surface area contributed by atoms with E-state index in [9.17, 15) is 4.79 Å². The number of hydrogen-bond donors (Lipinski definition) is 1. The van der Waals surface area contributed by atoms with Crippen molar-refractivity contribution in [2.75, 3.05) is 14.2 Å². The van der Waals surface area contributed by atoms with Gasteiger partial charge in [0.2, 0.25) is 5.91 Å². The van der Waals surface area contributed by atoms with Gasteiger partial charge < -0.3 is 14.8 Å². The molecular weight excluding hydrogens is 432 g/mol. The Balaban J connectivity index is 1.39. The first-order chi connectivity index (χ1) is 16.2. The normalized spacial score (nSPS) is 10.8. The highest BCUT2D eigenvalue weighted by Crippen LogP contribution is 2.29. The average molecular weight is 457 g/mol. The summed E-state index contributed by atoms with van der Waals surface area (Å²) in [6.45, 7) is 0.430. The Kier molecular flexibility index (Phi) is 7.17. The molecule has 0 atom stereocenters. The van der Waals surface area contributed by atoms with Crippen LogP contribution in [0, 0.1) is 0 Å². The number of thiazole rings is 1. The summed E-state index contributed by atoms with van der Waals surface area (Å²) in [5.74, 6) is 1.10. The number of benzene rings is 3. The zero-order valence-corrected chi connectivity index (χ0v) is 19.3. The van der Waals surface area contributed by atoms with E-state index < -0.39 is 0 Å². The maximum Gasteiger partial charge on any atom is 0.244 e. The molecule has 0 radical (unpaired) electrons. The molecule has 3 aromatic carbocycles. The van der Waals surface area contributed by atoms with Gasteiger partial charge in [-0.3, -0.25) is 4.79 Å². The fraction of sp³-hybridized carbons (Fsp3) is 0.111. The number of rotatable bonds is 8. The van der Waals surface area contributed by atoms with Crippen molar-refractivity contribution in [3.05, 3.63) is 95.4 Å². The predicted molar refractivity (Wildman–Crippen MR) is 133 cm³/mol. The first kappa shape index (κ1) is 22.3. The lowest BCUT2D eigenvalue weighted by Crippen LogP contribution is -2.20. The second-order valence-corrected chi connectivity index (χ2v) is 8.13. The van der Waals surface area contributed by atoms with Crippen molar-refractivity contribution in [1.29, 1.82) is 0 Å². The topological polar surface area (TPSA) is 60.5 Å². The lowest BCUT2D eigenvalue weighted by Gasteiger charge is -2.07. The minimum Gasteiger partial charge on any atom is -0.493 e. The second kappa shape index (κ2) is 10.6. The van der Waals surface area contributed by atoms with Crippen LogP contribution in [0.15, 0.2) is 84.3 Å². The Hall–Kier alpha value is -3.90. The molecule has 0 saturated heterocycles. The molecule has 6 heteroatoms. The Morgan fingerprint density at radius 1 is 0.939 bits per heavy atom. The molecule has 0 fully saturated rings. The van der Waals surface area contributed by atoms with E-state index in [1.807, 2.05) is 54.6 Å². The van der Waals surface area contributed by atoms with Crippen LogP contribution in [0.4, 0.5) is 0 Å². The van der Waals surface area contributed by atoms with Crippen LogP contribution >= 0.6 is 11.3 Å². The molecular formula is C27H24N2O3S. The van der Waals surface area contributed by atoms with Crippen LogP contribution in [-0.2, 0) is 11.3 Å². The third-order valence-corrected chi connectivity index (χ3v) is 5.94. The molecule has 0 aliphatic rings. The lowest BCUT2D eigenvalue weighted by molar-refractivity contribution is -0.116. The van der Waals surface area contributed by atoms with Crippen molar-refractivity contribution >= 4 is 23.3 Å². The van der Waals surface area contributed by atoms with Crippen molar-refractivity contribution < 1.29 is 14.3 Å². The van der Waals surface area contributed by atoms with Crippen LogP contribution in [0.2, 0.25) is 0 Å². The van der Waals surface area contributed by atoms with E-state index >= 15 is 0 Å². The van der Waals surface area contributed by atoms with Crippen molar-refractivity contribution in [3.8, 4) is 33.3 Å². The van der Waals surface area contributed by atoms with E-state index in [-0.39, 0.29) is 5.91 Å². The van der Waals surface area contributed by atoms with Gasteiger partial charge in [0.15, 0.2) is 11.5 Å². The molecule has 0 bridgehead atoms. The highest BCUT2D eigenvalue weighted by Gasteiger charge is 2.08. The van der Waals surface area contributed by atoms with Gasteiger partial charge in [-0.25, -0.2) is 4.98 Å². The van der Waals surface area contributed by atoms with Gasteiger partial charge in [0.1, 0.15) is 5.01 Å². The quantitative estimate of drug-likeness (QED) is 0.339. The zero-order chi connectivity index (χ0) is 23.0. The summed E-state index contributed by atoms with van der Waals surface area (Å²) in [6, 6.07) is 23.7. The van der Waals surface area contributed by atoms with E-state index in [4.69, 9.17) is 14.5 Å². The maximum absolute atomic E-state index is 12.3. The third-order valence-electron chi connectivity index (χ3n) is 5.05. The van der Waals surface area contributed by atoms with E-state index in [1.54, 1.807) is 31.6 Å². The van der Waals surface area contributed by atoms with E-state index in [2.05, 4.69) is 28.9 Å². The van der Waals surface area contributed by atoms with Crippen molar-refractivity contribution in [2.45, 2.75) is 6.54 Å². The standard InChI is InChI=1S/C27H24N2O3S/c1-31-24-13-11-19(16-25(24)32-2)12-14-26(30)28-17-20-7-6-10-22(15-20)27-29-23(18-33-27)21-8-4-3-5-9-21/h3-16,18H,17H2,1-2H3,(H,28,30)/b14-12+. The molecule has 1 amide bonds. The van der Waals surface area contributed by atoms with Crippen molar-refractivity contribution in [3.63, 3.8) is 0 Å². The Bertz CT molecular complexity index is 1270. The molecule has 5 nitrogen and oxygen atoms in total. The number of hydrogen-bond acceptors (Lipinski definition) is 5. The van der Waals surface area contributed by atoms with Gasteiger partial charge in [0.05, 0.1) is 19.9 Å². The van der Waals surface area contributed by atoms with Gasteiger partial charge in [-0.15, -0.1) is 11.3 Å². The number of amides is 1. The number of methoxy groups -OCH3 is 2. The molecule has 0 spiro atoms. The van der Waals surface area contributed by atoms with E-state index in [0.717, 1.165) is 33.0 Å². The Morgan fingerprint density at radius 2 is 1.73 bits per heavy atom. The molecule has 0 aliphatic carbocycles. The molecule has 1 aromatic heterocycles. The molecule has 0 saturated carbocycles. The van der Waals surface area contributed by atoms with Crippen LogP contribution in [-0.4, -0.2) is 25.1 Å². The first-order valence-electron chi connectivity index (χ1n) is 10.4. The van der Waals surface area contributed by atoms with Crippen molar-refractivity contribution in [2.24, 2.45) is 0 Å². The molecule has 1 heterocycles. The maximum atomic E-state index is 12.3. The summed E-state index contributed by atoms with van der Waals surface area (Å²) in [7, 11) is 3.17. The fourth-order valence-corrected chi connectivity index (χ4v) is 4.16. The number of aromatic nitrogens is 1. The number of carbonyl (C=O) groups is 1. The van der Waals surface area contributed by atoms with Crippen molar-refractivity contribution in [1.82, 2.24) is 10.3 Å². The number of carbonyl (C=O) groups excluding carboxylic acids is 1. The summed E-state index contributed by atoms with van der Waals surface area (Å²) < 4.78 is 10.5. The zero-order valence-electron chi connectivity index (χ0n) is 18.4. The largest absolute Gasteiger partial charge is 0.493 e. The molecule has 0 unspecified atom stereocenters. The van der Waals surface area contributed by atoms with E-state index in [1.165, 1.54) is 6.08 Å². The number of nitrogens with one attached hydrogen (secondary N) is 1. The minimum absolute atomic E-state index is 0.171. The molecule has 33 heavy (non-hydrogen) atoms. The van der Waals surface area contributed by atoms with Gasteiger partial charge in [0.25, 0.3) is 0 Å². The Labute approximate surface area is 197 Å². The summed E-state index contributed by atoms with van der Waals surface area (Å²) in [5.41, 5.74) is 4.97. The van der Waals surface area contributed by atoms with Gasteiger partial charge >= 0.3 is 0 Å². The van der Waals surface area contributed by atoms with Crippen LogP contribution in [0.3, 0.4) is 0 Å².